The van der Waals surface area contributed by atoms with E-state index < -0.39 is 0 Å². The van der Waals surface area contributed by atoms with Crippen LogP contribution in [-0.2, 0) is 0 Å². The maximum atomic E-state index is 5.24. The summed E-state index contributed by atoms with van der Waals surface area (Å²) in [4.78, 5) is 0. The molecule has 1 nitrogen and oxygen atoms in total. The highest BCUT2D eigenvalue weighted by Gasteiger charge is 1.89. The zero-order chi connectivity index (χ0) is 7.40. The molecule has 54 valence electrons. The van der Waals surface area contributed by atoms with Gasteiger partial charge in [-0.3, -0.25) is 0 Å². The summed E-state index contributed by atoms with van der Waals surface area (Å²) in [5.74, 6) is 0.940. The fourth-order valence-corrected chi connectivity index (χ4v) is 1.31. The summed E-state index contributed by atoms with van der Waals surface area (Å²) in [6.07, 6.45) is 0. The van der Waals surface area contributed by atoms with E-state index in [1.54, 1.807) is 0 Å². The number of rotatable bonds is 2. The van der Waals surface area contributed by atoms with Crippen molar-refractivity contribution in [1.82, 2.24) is 0 Å². The topological polar surface area (TPSA) is 9.23 Å². The van der Waals surface area contributed by atoms with Gasteiger partial charge in [0.25, 0.3) is 0 Å². The second-order valence-electron chi connectivity index (χ2n) is 1.71. The first kappa shape index (κ1) is 8.58. The number of benzene rings is 1. The highest BCUT2D eigenvalue weighted by atomic mass is 127. The minimum atomic E-state index is 0.707. The Balaban J connectivity index is 2.69. The monoisotopic (exact) mass is 360 g/mol. The molecule has 0 aromatic heterocycles. The molecule has 0 spiro atoms. The first-order valence-corrected chi connectivity index (χ1v) is 5.37. The first-order chi connectivity index (χ1) is 4.83. The minimum Gasteiger partial charge on any atom is -0.483 e. The molecule has 0 bridgehead atoms. The van der Waals surface area contributed by atoms with Gasteiger partial charge in [0.2, 0.25) is 0 Å². The molecule has 0 saturated heterocycles. The van der Waals surface area contributed by atoms with Crippen molar-refractivity contribution < 1.29 is 4.74 Å². The molecule has 0 radical (unpaired) electrons. The Morgan fingerprint density at radius 2 is 1.80 bits per heavy atom. The van der Waals surface area contributed by atoms with Crippen molar-refractivity contribution in [2.24, 2.45) is 0 Å². The van der Waals surface area contributed by atoms with Gasteiger partial charge in [0.1, 0.15) is 10.4 Å². The van der Waals surface area contributed by atoms with Crippen LogP contribution >= 0.6 is 45.2 Å². The summed E-state index contributed by atoms with van der Waals surface area (Å²) in [6.45, 7) is 0. The van der Waals surface area contributed by atoms with E-state index in [0.29, 0.717) is 4.61 Å². The van der Waals surface area contributed by atoms with Crippen molar-refractivity contribution >= 4 is 45.2 Å². The van der Waals surface area contributed by atoms with Gasteiger partial charge in [-0.05, 0) is 69.4 Å². The third-order valence-electron chi connectivity index (χ3n) is 1.03. The van der Waals surface area contributed by atoms with E-state index in [4.69, 9.17) is 4.74 Å². The van der Waals surface area contributed by atoms with Gasteiger partial charge >= 0.3 is 0 Å². The molecule has 0 heterocycles. The quantitative estimate of drug-likeness (QED) is 0.582. The van der Waals surface area contributed by atoms with E-state index in [1.807, 2.05) is 24.3 Å². The predicted molar refractivity (Wildman–Crippen MR) is 58.7 cm³/mol. The van der Waals surface area contributed by atoms with Crippen LogP contribution in [0.1, 0.15) is 0 Å². The molecule has 0 aliphatic carbocycles. The first-order valence-electron chi connectivity index (χ1n) is 2.77. The second kappa shape index (κ2) is 4.38. The lowest BCUT2D eigenvalue weighted by Gasteiger charge is -1.99. The Hall–Kier alpha value is 0.480. The van der Waals surface area contributed by atoms with Gasteiger partial charge in [0.15, 0.2) is 0 Å². The molecular weight excluding hydrogens is 354 g/mol. The van der Waals surface area contributed by atoms with Crippen LogP contribution in [0.3, 0.4) is 0 Å². The van der Waals surface area contributed by atoms with Crippen LogP contribution in [-0.4, -0.2) is 4.61 Å². The molecule has 1 rings (SSSR count). The van der Waals surface area contributed by atoms with Gasteiger partial charge in [-0.1, -0.05) is 0 Å². The SMILES string of the molecule is ICOc1ccc(I)cc1. The van der Waals surface area contributed by atoms with Gasteiger partial charge in [0.05, 0.1) is 0 Å². The molecule has 0 aliphatic rings. The van der Waals surface area contributed by atoms with Crippen molar-refractivity contribution in [1.29, 1.82) is 0 Å². The van der Waals surface area contributed by atoms with E-state index in [9.17, 15) is 0 Å². The highest BCUT2D eigenvalue weighted by Crippen LogP contribution is 2.13. The van der Waals surface area contributed by atoms with Crippen LogP contribution in [0.5, 0.6) is 5.75 Å². The average Bonchev–Trinajstić information content (AvgIpc) is 1.95. The third kappa shape index (κ3) is 2.61. The fourth-order valence-electron chi connectivity index (χ4n) is 0.594. The van der Waals surface area contributed by atoms with Crippen molar-refractivity contribution in [3.05, 3.63) is 27.8 Å². The number of halogens is 2. The van der Waals surface area contributed by atoms with Crippen molar-refractivity contribution in [3.63, 3.8) is 0 Å². The average molecular weight is 360 g/mol. The second-order valence-corrected chi connectivity index (χ2v) is 3.58. The zero-order valence-corrected chi connectivity index (χ0v) is 9.50. The van der Waals surface area contributed by atoms with E-state index in [0.717, 1.165) is 5.75 Å². The summed E-state index contributed by atoms with van der Waals surface area (Å²) >= 11 is 4.44. The summed E-state index contributed by atoms with van der Waals surface area (Å²) in [6, 6.07) is 8.01. The van der Waals surface area contributed by atoms with Crippen LogP contribution in [0.2, 0.25) is 0 Å². The van der Waals surface area contributed by atoms with Crippen molar-refractivity contribution in [2.75, 3.05) is 4.61 Å². The Kier molecular flexibility index (Phi) is 3.75. The summed E-state index contributed by atoms with van der Waals surface area (Å²) in [5, 5.41) is 0. The fraction of sp³-hybridized carbons (Fsp3) is 0.143. The predicted octanol–water partition coefficient (Wildman–Crippen LogP) is 3.06. The maximum absolute atomic E-state index is 5.24. The lowest BCUT2D eigenvalue weighted by atomic mass is 10.3. The van der Waals surface area contributed by atoms with E-state index in [2.05, 4.69) is 45.2 Å². The number of hydrogen-bond acceptors (Lipinski definition) is 1. The summed E-state index contributed by atoms with van der Waals surface area (Å²) in [5.41, 5.74) is 0. The van der Waals surface area contributed by atoms with Crippen molar-refractivity contribution in [2.45, 2.75) is 0 Å². The molecule has 3 heteroatoms. The molecule has 0 aliphatic heterocycles. The largest absolute Gasteiger partial charge is 0.483 e. The van der Waals surface area contributed by atoms with Crippen LogP contribution in [0.25, 0.3) is 0 Å². The molecule has 0 amide bonds. The van der Waals surface area contributed by atoms with E-state index >= 15 is 0 Å². The number of hydrogen-bond donors (Lipinski definition) is 0. The molecule has 10 heavy (non-hydrogen) atoms. The molecule has 0 fully saturated rings. The standard InChI is InChI=1S/C7H6I2O/c8-5-10-7-3-1-6(9)2-4-7/h1-4H,5H2. The molecule has 0 N–H and O–H groups in total. The van der Waals surface area contributed by atoms with Crippen LogP contribution in [0.15, 0.2) is 24.3 Å². The summed E-state index contributed by atoms with van der Waals surface area (Å²) < 4.78 is 7.19. The van der Waals surface area contributed by atoms with E-state index in [-0.39, 0.29) is 0 Å². The number of ether oxygens (including phenoxy) is 1. The van der Waals surface area contributed by atoms with Gasteiger partial charge < -0.3 is 4.74 Å². The Bertz CT molecular complexity index is 195. The smallest absolute Gasteiger partial charge is 0.139 e. The normalized spacial score (nSPS) is 9.40. The third-order valence-corrected chi connectivity index (χ3v) is 2.07. The molecule has 0 unspecified atom stereocenters. The molecule has 0 saturated carbocycles. The number of alkyl halides is 1. The van der Waals surface area contributed by atoms with Crippen molar-refractivity contribution in [3.8, 4) is 5.75 Å². The Labute approximate surface area is 87.4 Å². The summed E-state index contributed by atoms with van der Waals surface area (Å²) in [7, 11) is 0. The highest BCUT2D eigenvalue weighted by molar-refractivity contribution is 14.1. The maximum Gasteiger partial charge on any atom is 0.139 e. The van der Waals surface area contributed by atoms with Crippen LogP contribution < -0.4 is 4.74 Å². The molecule has 0 atom stereocenters. The lowest BCUT2D eigenvalue weighted by Crippen LogP contribution is -1.86. The minimum absolute atomic E-state index is 0.707. The van der Waals surface area contributed by atoms with Gasteiger partial charge in [-0.2, -0.15) is 0 Å². The van der Waals surface area contributed by atoms with Gasteiger partial charge in [-0.15, -0.1) is 0 Å². The molecular formula is C7H6I2O. The Morgan fingerprint density at radius 3 is 2.30 bits per heavy atom. The lowest BCUT2D eigenvalue weighted by molar-refractivity contribution is 0.404. The molecule has 1 aromatic rings. The Morgan fingerprint density at radius 1 is 1.20 bits per heavy atom. The van der Waals surface area contributed by atoms with Crippen LogP contribution in [0, 0.1) is 3.57 Å². The molecule has 1 aromatic carbocycles. The zero-order valence-electron chi connectivity index (χ0n) is 5.18. The van der Waals surface area contributed by atoms with Crippen LogP contribution in [0.4, 0.5) is 0 Å². The van der Waals surface area contributed by atoms with Gasteiger partial charge in [0, 0.05) is 3.57 Å². The van der Waals surface area contributed by atoms with Gasteiger partial charge in [-0.25, -0.2) is 0 Å². The van der Waals surface area contributed by atoms with E-state index in [1.165, 1.54) is 3.57 Å².